The fourth-order valence-corrected chi connectivity index (χ4v) is 2.46. The van der Waals surface area contributed by atoms with Crippen LogP contribution in [-0.2, 0) is 4.79 Å². The van der Waals surface area contributed by atoms with Gasteiger partial charge in [-0.05, 0) is 43.2 Å². The number of carbonyl (C=O) groups is 1. The molecule has 0 fully saturated rings. The highest BCUT2D eigenvalue weighted by atomic mass is 16.5. The number of rotatable bonds is 7. The molecule has 0 spiro atoms. The minimum Gasteiger partial charge on any atom is -0.493 e. The number of nitrogens with one attached hydrogen (secondary N) is 1. The first kappa shape index (κ1) is 19.1. The monoisotopic (exact) mass is 350 g/mol. The summed E-state index contributed by atoms with van der Waals surface area (Å²) < 4.78 is 10.8. The highest BCUT2D eigenvalue weighted by Crippen LogP contribution is 2.29. The SMILES string of the molecule is CCOc1ccc(/C=C(\C#N)C(=O)N[C@@H](C)c2ccccc2)cc1OC. The van der Waals surface area contributed by atoms with Gasteiger partial charge in [0.1, 0.15) is 11.6 Å². The predicted molar refractivity (Wildman–Crippen MR) is 101 cm³/mol. The molecule has 0 saturated carbocycles. The van der Waals surface area contributed by atoms with Crippen molar-refractivity contribution in [2.24, 2.45) is 0 Å². The van der Waals surface area contributed by atoms with Gasteiger partial charge < -0.3 is 14.8 Å². The van der Waals surface area contributed by atoms with E-state index in [-0.39, 0.29) is 11.6 Å². The summed E-state index contributed by atoms with van der Waals surface area (Å²) in [6, 6.07) is 16.6. The number of methoxy groups -OCH3 is 1. The second-order valence-corrected chi connectivity index (χ2v) is 5.62. The number of carbonyl (C=O) groups excluding carboxylic acids is 1. The van der Waals surface area contributed by atoms with Crippen LogP contribution in [0.1, 0.15) is 31.0 Å². The molecule has 0 aliphatic rings. The normalized spacial score (nSPS) is 12.0. The van der Waals surface area contributed by atoms with Gasteiger partial charge in [-0.25, -0.2) is 0 Å². The van der Waals surface area contributed by atoms with Crippen molar-refractivity contribution in [2.45, 2.75) is 19.9 Å². The summed E-state index contributed by atoms with van der Waals surface area (Å²) in [4.78, 5) is 12.4. The number of hydrogen-bond acceptors (Lipinski definition) is 4. The lowest BCUT2D eigenvalue weighted by atomic mass is 10.1. The molecule has 0 aliphatic carbocycles. The van der Waals surface area contributed by atoms with E-state index < -0.39 is 5.91 Å². The largest absolute Gasteiger partial charge is 0.493 e. The minimum absolute atomic E-state index is 0.0268. The first-order valence-electron chi connectivity index (χ1n) is 8.37. The van der Waals surface area contributed by atoms with Crippen LogP contribution in [0.2, 0.25) is 0 Å². The van der Waals surface area contributed by atoms with E-state index in [0.29, 0.717) is 23.7 Å². The van der Waals surface area contributed by atoms with Gasteiger partial charge in [-0.3, -0.25) is 4.79 Å². The third-order valence-electron chi connectivity index (χ3n) is 3.81. The van der Waals surface area contributed by atoms with E-state index >= 15 is 0 Å². The molecule has 1 atom stereocenters. The van der Waals surface area contributed by atoms with Crippen LogP contribution in [0.4, 0.5) is 0 Å². The van der Waals surface area contributed by atoms with Crippen molar-refractivity contribution in [1.29, 1.82) is 5.26 Å². The Balaban J connectivity index is 2.19. The number of nitriles is 1. The topological polar surface area (TPSA) is 71.3 Å². The lowest BCUT2D eigenvalue weighted by molar-refractivity contribution is -0.117. The fraction of sp³-hybridized carbons (Fsp3) is 0.238. The zero-order valence-electron chi connectivity index (χ0n) is 15.2. The molecule has 0 heterocycles. The van der Waals surface area contributed by atoms with Crippen LogP contribution in [0.25, 0.3) is 6.08 Å². The second-order valence-electron chi connectivity index (χ2n) is 5.62. The Kier molecular flexibility index (Phi) is 6.81. The summed E-state index contributed by atoms with van der Waals surface area (Å²) in [5.41, 5.74) is 1.68. The molecular weight excluding hydrogens is 328 g/mol. The van der Waals surface area contributed by atoms with E-state index in [9.17, 15) is 10.1 Å². The van der Waals surface area contributed by atoms with E-state index in [2.05, 4.69) is 5.32 Å². The van der Waals surface area contributed by atoms with E-state index in [1.54, 1.807) is 25.3 Å². The van der Waals surface area contributed by atoms with Gasteiger partial charge in [0.15, 0.2) is 11.5 Å². The Hall–Kier alpha value is -3.26. The Morgan fingerprint density at radius 2 is 1.96 bits per heavy atom. The highest BCUT2D eigenvalue weighted by molar-refractivity contribution is 6.01. The molecule has 0 saturated heterocycles. The lowest BCUT2D eigenvalue weighted by Gasteiger charge is -2.14. The van der Waals surface area contributed by atoms with Gasteiger partial charge in [-0.15, -0.1) is 0 Å². The Morgan fingerprint density at radius 3 is 2.58 bits per heavy atom. The summed E-state index contributed by atoms with van der Waals surface area (Å²) in [6.45, 7) is 4.29. The summed E-state index contributed by atoms with van der Waals surface area (Å²) in [5.74, 6) is 0.750. The number of ether oxygens (including phenoxy) is 2. The molecule has 1 amide bonds. The van der Waals surface area contributed by atoms with Crippen molar-refractivity contribution < 1.29 is 14.3 Å². The highest BCUT2D eigenvalue weighted by Gasteiger charge is 2.14. The van der Waals surface area contributed by atoms with Gasteiger partial charge in [0, 0.05) is 0 Å². The van der Waals surface area contributed by atoms with Crippen molar-refractivity contribution in [2.75, 3.05) is 13.7 Å². The molecule has 2 rings (SSSR count). The average Bonchev–Trinajstić information content (AvgIpc) is 2.67. The Labute approximate surface area is 153 Å². The van der Waals surface area contributed by atoms with Crippen molar-refractivity contribution in [1.82, 2.24) is 5.32 Å². The molecule has 2 aromatic carbocycles. The Morgan fingerprint density at radius 1 is 1.23 bits per heavy atom. The molecule has 0 bridgehead atoms. The molecule has 0 radical (unpaired) electrons. The first-order valence-corrected chi connectivity index (χ1v) is 8.37. The van der Waals surface area contributed by atoms with Gasteiger partial charge in [-0.2, -0.15) is 5.26 Å². The maximum Gasteiger partial charge on any atom is 0.262 e. The number of benzene rings is 2. The molecule has 0 aliphatic heterocycles. The zero-order chi connectivity index (χ0) is 18.9. The number of nitrogens with zero attached hydrogens (tertiary/aromatic N) is 1. The average molecular weight is 350 g/mol. The van der Waals surface area contributed by atoms with Crippen molar-refractivity contribution in [3.8, 4) is 17.6 Å². The third-order valence-corrected chi connectivity index (χ3v) is 3.81. The van der Waals surface area contributed by atoms with Crippen LogP contribution in [0.3, 0.4) is 0 Å². The first-order chi connectivity index (χ1) is 12.6. The summed E-state index contributed by atoms with van der Waals surface area (Å²) in [7, 11) is 1.55. The summed E-state index contributed by atoms with van der Waals surface area (Å²) in [5, 5.41) is 12.2. The van der Waals surface area contributed by atoms with Gasteiger partial charge >= 0.3 is 0 Å². The van der Waals surface area contributed by atoms with Crippen molar-refractivity contribution >= 4 is 12.0 Å². The molecule has 5 nitrogen and oxygen atoms in total. The van der Waals surface area contributed by atoms with Gasteiger partial charge in [0.05, 0.1) is 19.8 Å². The van der Waals surface area contributed by atoms with Crippen LogP contribution in [-0.4, -0.2) is 19.6 Å². The molecule has 2 aromatic rings. The Bertz CT molecular complexity index is 823. The van der Waals surface area contributed by atoms with Gasteiger partial charge in [0.2, 0.25) is 0 Å². The molecular formula is C21H22N2O3. The van der Waals surface area contributed by atoms with E-state index in [4.69, 9.17) is 9.47 Å². The van der Waals surface area contributed by atoms with E-state index in [1.807, 2.05) is 50.2 Å². The van der Waals surface area contributed by atoms with Gasteiger partial charge in [0.25, 0.3) is 5.91 Å². The lowest BCUT2D eigenvalue weighted by Crippen LogP contribution is -2.27. The van der Waals surface area contributed by atoms with E-state index in [0.717, 1.165) is 5.56 Å². The minimum atomic E-state index is -0.420. The molecule has 5 heteroatoms. The zero-order valence-corrected chi connectivity index (χ0v) is 15.2. The number of amides is 1. The maximum absolute atomic E-state index is 12.4. The standard InChI is InChI=1S/C21H22N2O3/c1-4-26-19-11-10-16(13-20(19)25-3)12-18(14-22)21(24)23-15(2)17-8-6-5-7-9-17/h5-13,15H,4H2,1-3H3,(H,23,24)/b18-12+/t15-/m0/s1. The van der Waals surface area contributed by atoms with Crippen LogP contribution < -0.4 is 14.8 Å². The van der Waals surface area contributed by atoms with Crippen LogP contribution >= 0.6 is 0 Å². The molecule has 1 N–H and O–H groups in total. The predicted octanol–water partition coefficient (Wildman–Crippen LogP) is 3.88. The summed E-state index contributed by atoms with van der Waals surface area (Å²) in [6.07, 6.45) is 1.53. The van der Waals surface area contributed by atoms with Gasteiger partial charge in [-0.1, -0.05) is 36.4 Å². The van der Waals surface area contributed by atoms with Crippen LogP contribution in [0.15, 0.2) is 54.1 Å². The summed E-state index contributed by atoms with van der Waals surface area (Å²) >= 11 is 0. The maximum atomic E-state index is 12.4. The molecule has 134 valence electrons. The van der Waals surface area contributed by atoms with Crippen LogP contribution in [0, 0.1) is 11.3 Å². The quantitative estimate of drug-likeness (QED) is 0.608. The third kappa shape index (κ3) is 4.87. The molecule has 26 heavy (non-hydrogen) atoms. The number of hydrogen-bond donors (Lipinski definition) is 1. The second kappa shape index (κ2) is 9.28. The van der Waals surface area contributed by atoms with Crippen molar-refractivity contribution in [3.05, 3.63) is 65.2 Å². The van der Waals surface area contributed by atoms with E-state index in [1.165, 1.54) is 6.08 Å². The molecule has 0 unspecified atom stereocenters. The van der Waals surface area contributed by atoms with Crippen LogP contribution in [0.5, 0.6) is 11.5 Å². The smallest absolute Gasteiger partial charge is 0.262 e. The van der Waals surface area contributed by atoms with Crippen molar-refractivity contribution in [3.63, 3.8) is 0 Å². The molecule has 0 aromatic heterocycles. The fourth-order valence-electron chi connectivity index (χ4n) is 2.46.